The zero-order valence-corrected chi connectivity index (χ0v) is 49.2. The van der Waals surface area contributed by atoms with Gasteiger partial charge in [0.1, 0.15) is 0 Å². The van der Waals surface area contributed by atoms with E-state index in [-0.39, 0.29) is 0 Å². The van der Waals surface area contributed by atoms with Crippen LogP contribution in [0.25, 0.3) is 121 Å². The molecule has 1 aliphatic carbocycles. The molecule has 0 fully saturated rings. The molecule has 1 aliphatic rings. The molecule has 0 unspecified atom stereocenters. The maximum Gasteiger partial charge on any atom is 0.0716 e. The first-order chi connectivity index (χ1) is 41.4. The highest BCUT2D eigenvalue weighted by atomic mass is 15.0. The van der Waals surface area contributed by atoms with E-state index in [0.29, 0.717) is 0 Å². The predicted molar refractivity (Wildman–Crippen MR) is 359 cm³/mol. The summed E-state index contributed by atoms with van der Waals surface area (Å²) in [5, 5.41) is 10.0. The zero-order chi connectivity index (χ0) is 57.3. The first-order valence-electron chi connectivity index (χ1n) is 30.0. The largest absolute Gasteiger partial charge is 0.309 e. The molecular weight excluding hydrogens is 1030 g/mol. The third-order valence-electron chi connectivity index (χ3n) is 19.0. The van der Waals surface area contributed by atoms with Gasteiger partial charge in [0.05, 0.1) is 49.5 Å². The maximum absolute atomic E-state index is 2.55. The van der Waals surface area contributed by atoms with E-state index in [4.69, 9.17) is 0 Å². The summed E-state index contributed by atoms with van der Waals surface area (Å²) in [7, 11) is 0. The van der Waals surface area contributed by atoms with Gasteiger partial charge in [-0.15, -0.1) is 0 Å². The predicted octanol–water partition coefficient (Wildman–Crippen LogP) is 20.9. The summed E-state index contributed by atoms with van der Waals surface area (Å²) in [6.45, 7) is 17.7. The van der Waals surface area contributed by atoms with Crippen molar-refractivity contribution in [3.63, 3.8) is 0 Å². The van der Waals surface area contributed by atoms with Crippen LogP contribution in [0.1, 0.15) is 66.8 Å². The molecule has 0 saturated carbocycles. The topological polar surface area (TPSA) is 19.7 Å². The van der Waals surface area contributed by atoms with Gasteiger partial charge in [0, 0.05) is 65.8 Å². The summed E-state index contributed by atoms with van der Waals surface area (Å²) >= 11 is 0. The third-order valence-corrected chi connectivity index (χ3v) is 19.0. The molecule has 406 valence electrons. The standard InChI is InChI=1S/C81H62N4/c1-47-17-25-73-63(33-47)64-34-48(2)18-26-74(64)82(73)57-41-55(42-58(45-57)83-75-27-19-49(3)35-65(75)66-36-50(4)20-28-76(66)83)81(71-15-11-9-13-61(71)62-14-10-12-16-72(62)81)56-43-59(84-77-29-21-51(5)37-67(77)68-38-52(6)22-30-78(68)84)46-60(44-56)85-79-31-23-53(7)39-69(79)70-40-54(8)24-32-80(70)85/h9-46H,1-8H3. The van der Waals surface area contributed by atoms with Crippen LogP contribution in [0.3, 0.4) is 0 Å². The van der Waals surface area contributed by atoms with Gasteiger partial charge in [-0.1, -0.05) is 142 Å². The van der Waals surface area contributed by atoms with Crippen molar-refractivity contribution in [2.45, 2.75) is 60.8 Å². The van der Waals surface area contributed by atoms with Crippen molar-refractivity contribution in [2.24, 2.45) is 0 Å². The van der Waals surface area contributed by atoms with Crippen molar-refractivity contribution < 1.29 is 0 Å². The van der Waals surface area contributed by atoms with Gasteiger partial charge in [-0.3, -0.25) is 0 Å². The number of hydrogen-bond donors (Lipinski definition) is 0. The maximum atomic E-state index is 2.55. The van der Waals surface area contributed by atoms with Gasteiger partial charge in [0.2, 0.25) is 0 Å². The molecule has 0 radical (unpaired) electrons. The van der Waals surface area contributed by atoms with Crippen molar-refractivity contribution in [1.29, 1.82) is 0 Å². The number of rotatable bonds is 6. The molecule has 0 bridgehead atoms. The molecule has 4 nitrogen and oxygen atoms in total. The Kier molecular flexibility index (Phi) is 10.4. The van der Waals surface area contributed by atoms with Crippen LogP contribution in [0.4, 0.5) is 0 Å². The lowest BCUT2D eigenvalue weighted by atomic mass is 9.67. The molecule has 0 amide bonds. The van der Waals surface area contributed by atoms with E-state index in [1.54, 1.807) is 0 Å². The lowest BCUT2D eigenvalue weighted by Crippen LogP contribution is -2.29. The van der Waals surface area contributed by atoms with Crippen LogP contribution in [0.15, 0.2) is 231 Å². The molecular formula is C81H62N4. The van der Waals surface area contributed by atoms with Crippen LogP contribution in [-0.2, 0) is 5.41 Å². The number of nitrogens with zero attached hydrogens (tertiary/aromatic N) is 4. The fourth-order valence-corrected chi connectivity index (χ4v) is 15.3. The SMILES string of the molecule is Cc1ccc2c(c1)c1cc(C)ccc1n2-c1cc(-n2c3ccc(C)cc3c3cc(C)ccc32)cc(C2(c3cc(-n4c5ccc(C)cc5c5cc(C)ccc54)cc(-n4c5ccc(C)cc5c5cc(C)ccc54)c3)c3ccccc3-c3ccccc32)c1. The summed E-state index contributed by atoms with van der Waals surface area (Å²) in [6, 6.07) is 89.6. The summed E-state index contributed by atoms with van der Waals surface area (Å²) < 4.78 is 10.2. The summed E-state index contributed by atoms with van der Waals surface area (Å²) in [5.41, 5.74) is 30.3. The van der Waals surface area contributed by atoms with Gasteiger partial charge in [-0.05, 0) is 222 Å². The van der Waals surface area contributed by atoms with Crippen molar-refractivity contribution in [1.82, 2.24) is 18.3 Å². The van der Waals surface area contributed by atoms with E-state index in [2.05, 4.69) is 304 Å². The molecule has 0 spiro atoms. The Morgan fingerprint density at radius 2 is 0.412 bits per heavy atom. The Hall–Kier alpha value is -10.2. The number of aromatic nitrogens is 4. The molecule has 17 rings (SSSR count). The fraction of sp³-hybridized carbons (Fsp3) is 0.111. The molecule has 4 heteroatoms. The van der Waals surface area contributed by atoms with E-state index in [1.807, 2.05) is 0 Å². The quantitative estimate of drug-likeness (QED) is 0.158. The minimum Gasteiger partial charge on any atom is -0.309 e. The average Bonchev–Trinajstić information content (AvgIpc) is 1.68. The van der Waals surface area contributed by atoms with E-state index < -0.39 is 5.41 Å². The first-order valence-corrected chi connectivity index (χ1v) is 30.0. The molecule has 0 saturated heterocycles. The van der Waals surface area contributed by atoms with E-state index in [0.717, 1.165) is 22.7 Å². The fourth-order valence-electron chi connectivity index (χ4n) is 15.3. The first kappa shape index (κ1) is 49.4. The van der Waals surface area contributed by atoms with Crippen LogP contribution in [0.2, 0.25) is 0 Å². The van der Waals surface area contributed by atoms with Crippen molar-refractivity contribution >= 4 is 87.2 Å². The second-order valence-corrected chi connectivity index (χ2v) is 24.8. The highest BCUT2D eigenvalue weighted by Gasteiger charge is 2.47. The van der Waals surface area contributed by atoms with E-state index in [9.17, 15) is 0 Å². The molecule has 85 heavy (non-hydrogen) atoms. The van der Waals surface area contributed by atoms with Gasteiger partial charge in [-0.25, -0.2) is 0 Å². The molecule has 0 aliphatic heterocycles. The minimum atomic E-state index is -0.863. The van der Waals surface area contributed by atoms with Gasteiger partial charge in [0.15, 0.2) is 0 Å². The molecule has 0 atom stereocenters. The lowest BCUT2D eigenvalue weighted by molar-refractivity contribution is 0.763. The Balaban J connectivity index is 1.08. The number of hydrogen-bond acceptors (Lipinski definition) is 0. The van der Waals surface area contributed by atoms with Gasteiger partial charge < -0.3 is 18.3 Å². The van der Waals surface area contributed by atoms with Gasteiger partial charge >= 0.3 is 0 Å². The van der Waals surface area contributed by atoms with Crippen LogP contribution in [-0.4, -0.2) is 18.3 Å². The zero-order valence-electron chi connectivity index (χ0n) is 49.2. The van der Waals surface area contributed by atoms with Crippen LogP contribution < -0.4 is 0 Å². The molecule has 4 aromatic heterocycles. The highest BCUT2D eigenvalue weighted by Crippen LogP contribution is 2.58. The summed E-state index contributed by atoms with van der Waals surface area (Å²) in [5.74, 6) is 0. The highest BCUT2D eigenvalue weighted by molar-refractivity contribution is 6.13. The third kappa shape index (κ3) is 7.09. The monoisotopic (exact) mass is 1090 g/mol. The smallest absolute Gasteiger partial charge is 0.0716 e. The van der Waals surface area contributed by atoms with Crippen molar-refractivity contribution in [3.05, 3.63) is 297 Å². The van der Waals surface area contributed by atoms with Crippen LogP contribution >= 0.6 is 0 Å². The number of aryl methyl sites for hydroxylation is 8. The van der Waals surface area contributed by atoms with Crippen LogP contribution in [0, 0.1) is 55.4 Å². The molecule has 16 aromatic rings. The number of fused-ring (bicyclic) bond motifs is 15. The van der Waals surface area contributed by atoms with Crippen molar-refractivity contribution in [2.75, 3.05) is 0 Å². The lowest BCUT2D eigenvalue weighted by Gasteiger charge is -2.35. The molecule has 12 aromatic carbocycles. The Bertz CT molecular complexity index is 4720. The van der Waals surface area contributed by atoms with Crippen molar-refractivity contribution in [3.8, 4) is 33.9 Å². The Morgan fingerprint density at radius 3 is 0.624 bits per heavy atom. The number of benzene rings is 12. The van der Waals surface area contributed by atoms with E-state index >= 15 is 0 Å². The summed E-state index contributed by atoms with van der Waals surface area (Å²) in [6.07, 6.45) is 0. The Morgan fingerprint density at radius 1 is 0.212 bits per heavy atom. The Labute approximate surface area is 494 Å². The second-order valence-electron chi connectivity index (χ2n) is 24.8. The van der Waals surface area contributed by atoms with Crippen LogP contribution in [0.5, 0.6) is 0 Å². The normalized spacial score (nSPS) is 13.0. The minimum absolute atomic E-state index is 0.863. The van der Waals surface area contributed by atoms with E-state index in [1.165, 1.54) is 165 Å². The average molecular weight is 1090 g/mol. The summed E-state index contributed by atoms with van der Waals surface area (Å²) in [4.78, 5) is 0. The second kappa shape index (κ2) is 17.9. The van der Waals surface area contributed by atoms with Gasteiger partial charge in [-0.2, -0.15) is 0 Å². The van der Waals surface area contributed by atoms with Gasteiger partial charge in [0.25, 0.3) is 0 Å². The molecule has 4 heterocycles. The molecule has 0 N–H and O–H groups in total.